The van der Waals surface area contributed by atoms with Gasteiger partial charge in [-0.2, -0.15) is 10.4 Å². The van der Waals surface area contributed by atoms with Crippen LogP contribution in [0.2, 0.25) is 5.15 Å². The third-order valence-electron chi connectivity index (χ3n) is 6.01. The van der Waals surface area contributed by atoms with Crippen molar-refractivity contribution < 1.29 is 18.8 Å². The molecule has 0 bridgehead atoms. The molecule has 1 spiro atoms. The van der Waals surface area contributed by atoms with Gasteiger partial charge in [0.05, 0.1) is 11.6 Å². The van der Waals surface area contributed by atoms with Crippen LogP contribution in [0, 0.1) is 17.2 Å². The van der Waals surface area contributed by atoms with E-state index in [-0.39, 0.29) is 22.9 Å². The Morgan fingerprint density at radius 1 is 1.42 bits per heavy atom. The molecule has 1 aromatic carbocycles. The normalized spacial score (nSPS) is 23.2. The van der Waals surface area contributed by atoms with Crippen molar-refractivity contribution in [3.05, 3.63) is 50.8 Å². The lowest BCUT2D eigenvalue weighted by Gasteiger charge is -2.42. The first-order valence-corrected chi connectivity index (χ1v) is 11.7. The Balaban J connectivity index is 1.42. The molecule has 2 N–H and O–H groups in total. The van der Waals surface area contributed by atoms with Crippen LogP contribution in [0.25, 0.3) is 0 Å². The number of carbonyl (C=O) groups excluding carboxylic acids is 2. The molecule has 1 aliphatic heterocycles. The number of rotatable bonds is 5. The Morgan fingerprint density at radius 3 is 2.82 bits per heavy atom. The van der Waals surface area contributed by atoms with E-state index < -0.39 is 11.7 Å². The van der Waals surface area contributed by atoms with Gasteiger partial charge in [-0.15, -0.1) is 0 Å². The molecule has 33 heavy (non-hydrogen) atoms. The number of halogens is 2. The van der Waals surface area contributed by atoms with E-state index in [0.29, 0.717) is 34.5 Å². The number of carbonyl (C=O) groups is 2. The molecule has 0 radical (unpaired) electrons. The van der Waals surface area contributed by atoms with Gasteiger partial charge < -0.3 is 14.6 Å². The first-order chi connectivity index (χ1) is 15.8. The van der Waals surface area contributed by atoms with Crippen molar-refractivity contribution >= 4 is 45.2 Å². The van der Waals surface area contributed by atoms with Gasteiger partial charge in [0.15, 0.2) is 10.8 Å². The summed E-state index contributed by atoms with van der Waals surface area (Å²) in [6.45, 7) is 1.94. The summed E-state index contributed by atoms with van der Waals surface area (Å²) in [5, 5.41) is 20.0. The van der Waals surface area contributed by atoms with E-state index in [9.17, 15) is 9.59 Å². The Kier molecular flexibility index (Phi) is 6.72. The molecule has 0 unspecified atom stereocenters. The smallest absolute Gasteiger partial charge is 0.428 e. The van der Waals surface area contributed by atoms with Crippen molar-refractivity contribution in [2.75, 3.05) is 0 Å². The fourth-order valence-corrected chi connectivity index (χ4v) is 5.17. The molecule has 1 fully saturated rings. The Bertz CT molecular complexity index is 1150. The van der Waals surface area contributed by atoms with Gasteiger partial charge in [-0.25, -0.2) is 10.2 Å². The molecule has 11 heteroatoms. The highest BCUT2D eigenvalue weighted by molar-refractivity contribution is 9.10. The highest BCUT2D eigenvalue weighted by atomic mass is 79.9. The number of hydrogen-bond acceptors (Lipinski definition) is 7. The van der Waals surface area contributed by atoms with Gasteiger partial charge in [-0.05, 0) is 57.1 Å². The van der Waals surface area contributed by atoms with E-state index in [1.165, 1.54) is 6.07 Å². The molecule has 172 valence electrons. The van der Waals surface area contributed by atoms with E-state index in [4.69, 9.17) is 26.1 Å². The number of amides is 2. The summed E-state index contributed by atoms with van der Waals surface area (Å²) in [4.78, 5) is 24.3. The lowest BCUT2D eigenvalue weighted by atomic mass is 9.73. The summed E-state index contributed by atoms with van der Waals surface area (Å²) in [6.07, 6.45) is 3.00. The second kappa shape index (κ2) is 9.53. The summed E-state index contributed by atoms with van der Waals surface area (Å²) in [6, 6.07) is 8.64. The number of aromatic nitrogens is 1. The number of hydrazone groups is 1. The summed E-state index contributed by atoms with van der Waals surface area (Å²) >= 11 is 9.22. The summed E-state index contributed by atoms with van der Waals surface area (Å²) < 4.78 is 11.4. The number of ether oxygens (including phenoxy) is 1. The predicted molar refractivity (Wildman–Crippen MR) is 123 cm³/mol. The van der Waals surface area contributed by atoms with E-state index in [1.54, 1.807) is 12.1 Å². The Hall–Kier alpha value is -2.90. The SMILES string of the molecule is C[C@@H](CC1CCC2(CC1)OC(=O)NN=C2c1ccc(C#N)cc1Br)NC(=O)c1cc(Cl)no1. The highest BCUT2D eigenvalue weighted by Gasteiger charge is 2.46. The van der Waals surface area contributed by atoms with Gasteiger partial charge >= 0.3 is 6.09 Å². The number of nitrogens with one attached hydrogen (secondary N) is 2. The molecule has 2 aliphatic rings. The molecule has 1 aliphatic carbocycles. The lowest BCUT2D eigenvalue weighted by molar-refractivity contribution is 0.0153. The average molecular weight is 535 g/mol. The topological polar surface area (TPSA) is 130 Å². The summed E-state index contributed by atoms with van der Waals surface area (Å²) in [5.41, 5.74) is 3.51. The average Bonchev–Trinajstić information content (AvgIpc) is 3.22. The number of nitriles is 1. The van der Waals surface area contributed by atoms with Gasteiger partial charge in [0.25, 0.3) is 5.91 Å². The largest absolute Gasteiger partial charge is 0.435 e. The second-order valence-electron chi connectivity index (χ2n) is 8.33. The number of benzene rings is 1. The minimum Gasteiger partial charge on any atom is -0.435 e. The van der Waals surface area contributed by atoms with E-state index in [2.05, 4.69) is 43.0 Å². The predicted octanol–water partition coefficient (Wildman–Crippen LogP) is 4.54. The molecular weight excluding hydrogens is 514 g/mol. The molecule has 1 atom stereocenters. The van der Waals surface area contributed by atoms with Gasteiger partial charge in [0.1, 0.15) is 5.71 Å². The third kappa shape index (κ3) is 5.04. The maximum atomic E-state index is 12.3. The minimum atomic E-state index is -0.835. The zero-order valence-corrected chi connectivity index (χ0v) is 20.1. The molecule has 2 aromatic rings. The van der Waals surface area contributed by atoms with Crippen molar-refractivity contribution in [1.29, 1.82) is 5.26 Å². The number of nitrogens with zero attached hydrogens (tertiary/aromatic N) is 3. The molecule has 2 amide bonds. The van der Waals surface area contributed by atoms with E-state index >= 15 is 0 Å². The lowest BCUT2D eigenvalue weighted by Crippen LogP contribution is -2.52. The van der Waals surface area contributed by atoms with Gasteiger partial charge in [0, 0.05) is 22.1 Å². The van der Waals surface area contributed by atoms with Crippen LogP contribution >= 0.6 is 27.5 Å². The minimum absolute atomic E-state index is 0.0740. The van der Waals surface area contributed by atoms with E-state index in [0.717, 1.165) is 24.8 Å². The van der Waals surface area contributed by atoms with Gasteiger partial charge in [0.2, 0.25) is 5.76 Å². The zero-order chi connectivity index (χ0) is 23.6. The maximum absolute atomic E-state index is 12.3. The molecular formula is C22H21BrClN5O4. The molecule has 1 saturated carbocycles. The van der Waals surface area contributed by atoms with Crippen LogP contribution in [0.15, 0.2) is 38.4 Å². The van der Waals surface area contributed by atoms with Crippen LogP contribution in [-0.2, 0) is 4.74 Å². The quantitative estimate of drug-likeness (QED) is 0.579. The molecule has 0 saturated heterocycles. The van der Waals surface area contributed by atoms with Crippen LogP contribution < -0.4 is 10.7 Å². The first kappa shape index (κ1) is 23.3. The number of hydrogen-bond donors (Lipinski definition) is 2. The van der Waals surface area contributed by atoms with Crippen molar-refractivity contribution in [2.45, 2.75) is 50.7 Å². The first-order valence-electron chi connectivity index (χ1n) is 10.5. The maximum Gasteiger partial charge on any atom is 0.428 e. The highest BCUT2D eigenvalue weighted by Crippen LogP contribution is 2.41. The molecule has 2 heterocycles. The van der Waals surface area contributed by atoms with Crippen molar-refractivity contribution in [2.24, 2.45) is 11.0 Å². The van der Waals surface area contributed by atoms with Gasteiger partial charge in [-0.3, -0.25) is 4.79 Å². The molecule has 9 nitrogen and oxygen atoms in total. The van der Waals surface area contributed by atoms with Crippen molar-refractivity contribution in [3.8, 4) is 6.07 Å². The monoisotopic (exact) mass is 533 g/mol. The Morgan fingerprint density at radius 2 is 2.18 bits per heavy atom. The van der Waals surface area contributed by atoms with Crippen molar-refractivity contribution in [1.82, 2.24) is 15.9 Å². The van der Waals surface area contributed by atoms with E-state index in [1.807, 2.05) is 13.0 Å². The van der Waals surface area contributed by atoms with Crippen LogP contribution in [0.5, 0.6) is 0 Å². The fourth-order valence-electron chi connectivity index (χ4n) is 4.47. The molecule has 4 rings (SSSR count). The van der Waals surface area contributed by atoms with Crippen LogP contribution in [-0.4, -0.2) is 34.5 Å². The molecule has 1 aromatic heterocycles. The fraction of sp³-hybridized carbons (Fsp3) is 0.409. The zero-order valence-electron chi connectivity index (χ0n) is 17.7. The Labute approximate surface area is 203 Å². The van der Waals surface area contributed by atoms with Crippen LogP contribution in [0.3, 0.4) is 0 Å². The van der Waals surface area contributed by atoms with Crippen LogP contribution in [0.4, 0.5) is 4.79 Å². The van der Waals surface area contributed by atoms with Gasteiger partial charge in [-0.1, -0.05) is 38.8 Å². The summed E-state index contributed by atoms with van der Waals surface area (Å²) in [7, 11) is 0. The standard InChI is InChI=1S/C22H21BrClN5O4/c1-12(26-20(30)17-10-18(24)29-33-17)8-13-4-6-22(7-5-13)19(27-28-21(31)32-22)15-3-2-14(11-25)9-16(15)23/h2-3,9-10,12-13H,4-8H2,1H3,(H,26,30)(H,28,31)/t12-,13?,22?/m0/s1. The van der Waals surface area contributed by atoms with Crippen LogP contribution in [0.1, 0.15) is 60.7 Å². The second-order valence-corrected chi connectivity index (χ2v) is 9.57. The third-order valence-corrected chi connectivity index (χ3v) is 6.85. The van der Waals surface area contributed by atoms with Crippen molar-refractivity contribution in [3.63, 3.8) is 0 Å². The summed E-state index contributed by atoms with van der Waals surface area (Å²) in [5.74, 6) is 0.0509.